The Kier molecular flexibility index (Phi) is 3.00. The Morgan fingerprint density at radius 1 is 1.28 bits per heavy atom. The van der Waals surface area contributed by atoms with Gasteiger partial charge in [0.25, 0.3) is 0 Å². The zero-order chi connectivity index (χ0) is 13.3. The Morgan fingerprint density at radius 3 is 2.56 bits per heavy atom. The van der Waals surface area contributed by atoms with Crippen LogP contribution < -0.4 is 0 Å². The van der Waals surface area contributed by atoms with Crippen molar-refractivity contribution in [1.29, 1.82) is 0 Å². The first-order chi connectivity index (χ1) is 8.38. The highest BCUT2D eigenvalue weighted by atomic mass is 32.2. The molecule has 0 aliphatic rings. The van der Waals surface area contributed by atoms with E-state index >= 15 is 0 Å². The van der Waals surface area contributed by atoms with Crippen molar-refractivity contribution >= 4 is 15.6 Å². The third kappa shape index (κ3) is 2.45. The number of Topliss-reactive ketones (excluding diaryl/α,β-unsaturated/α-hetero) is 1. The molecule has 0 saturated carbocycles. The lowest BCUT2D eigenvalue weighted by Gasteiger charge is -2.01. The van der Waals surface area contributed by atoms with Crippen molar-refractivity contribution in [3.63, 3.8) is 0 Å². The maximum Gasteiger partial charge on any atom is 0.178 e. The van der Waals surface area contributed by atoms with Gasteiger partial charge in [0.15, 0.2) is 15.6 Å². The van der Waals surface area contributed by atoms with E-state index < -0.39 is 9.84 Å². The summed E-state index contributed by atoms with van der Waals surface area (Å²) in [4.78, 5) is 15.3. The molecule has 0 aromatic carbocycles. The summed E-state index contributed by atoms with van der Waals surface area (Å²) >= 11 is 0. The number of hydrogen-bond donors (Lipinski definition) is 0. The van der Waals surface area contributed by atoms with Gasteiger partial charge in [-0.2, -0.15) is 5.10 Å². The van der Waals surface area contributed by atoms with Gasteiger partial charge in [0, 0.05) is 24.2 Å². The van der Waals surface area contributed by atoms with Crippen molar-refractivity contribution in [3.05, 3.63) is 36.4 Å². The summed E-state index contributed by atoms with van der Waals surface area (Å²) in [6.45, 7) is 1.44. The van der Waals surface area contributed by atoms with Crippen LogP contribution in [0.2, 0.25) is 0 Å². The lowest BCUT2D eigenvalue weighted by molar-refractivity contribution is 0.101. The van der Waals surface area contributed by atoms with E-state index in [9.17, 15) is 13.2 Å². The Labute approximate surface area is 104 Å². The Morgan fingerprint density at radius 2 is 2.00 bits per heavy atom. The van der Waals surface area contributed by atoms with Crippen LogP contribution in [0, 0.1) is 0 Å². The minimum absolute atomic E-state index is 0.111. The number of nitrogens with zero attached hydrogens (tertiary/aromatic N) is 3. The first-order valence-corrected chi connectivity index (χ1v) is 6.98. The van der Waals surface area contributed by atoms with Crippen molar-refractivity contribution in [1.82, 2.24) is 14.8 Å². The fraction of sp³-hybridized carbons (Fsp3) is 0.182. The Hall–Kier alpha value is -2.02. The summed E-state index contributed by atoms with van der Waals surface area (Å²) < 4.78 is 24.0. The van der Waals surface area contributed by atoms with E-state index in [0.717, 1.165) is 6.26 Å². The lowest BCUT2D eigenvalue weighted by atomic mass is 10.2. The fourth-order valence-electron chi connectivity index (χ4n) is 1.38. The summed E-state index contributed by atoms with van der Waals surface area (Å²) in [5.41, 5.74) is 0.988. The van der Waals surface area contributed by atoms with E-state index in [1.54, 1.807) is 6.07 Å². The van der Waals surface area contributed by atoms with Crippen LogP contribution in [0.5, 0.6) is 0 Å². The van der Waals surface area contributed by atoms with Crippen LogP contribution in [0.15, 0.2) is 35.7 Å². The number of hydrogen-bond acceptors (Lipinski definition) is 5. The van der Waals surface area contributed by atoms with Crippen molar-refractivity contribution in [2.75, 3.05) is 6.26 Å². The molecule has 0 radical (unpaired) electrons. The highest BCUT2D eigenvalue weighted by molar-refractivity contribution is 7.90. The molecule has 0 fully saturated rings. The molecule has 0 saturated heterocycles. The second kappa shape index (κ2) is 4.34. The van der Waals surface area contributed by atoms with E-state index in [1.165, 1.54) is 36.4 Å². The molecule has 7 heteroatoms. The maximum atomic E-state index is 11.3. The molecule has 0 bridgehead atoms. The van der Waals surface area contributed by atoms with Crippen molar-refractivity contribution < 1.29 is 13.2 Å². The number of rotatable bonds is 3. The molecule has 2 aromatic heterocycles. The van der Waals surface area contributed by atoms with E-state index in [2.05, 4.69) is 10.1 Å². The largest absolute Gasteiger partial charge is 0.294 e. The van der Waals surface area contributed by atoms with Crippen LogP contribution in [-0.2, 0) is 9.84 Å². The monoisotopic (exact) mass is 265 g/mol. The number of carbonyl (C=O) groups is 1. The van der Waals surface area contributed by atoms with Crippen LogP contribution >= 0.6 is 0 Å². The fourth-order valence-corrected chi connectivity index (χ4v) is 1.91. The van der Waals surface area contributed by atoms with Gasteiger partial charge in [0.1, 0.15) is 4.90 Å². The van der Waals surface area contributed by atoms with Crippen molar-refractivity contribution in [2.24, 2.45) is 0 Å². The normalized spacial score (nSPS) is 11.4. The smallest absolute Gasteiger partial charge is 0.178 e. The number of ketones is 1. The van der Waals surface area contributed by atoms with Gasteiger partial charge in [0.05, 0.1) is 18.1 Å². The van der Waals surface area contributed by atoms with Gasteiger partial charge in [0.2, 0.25) is 0 Å². The second-order valence-corrected chi connectivity index (χ2v) is 5.90. The zero-order valence-electron chi connectivity index (χ0n) is 9.86. The van der Waals surface area contributed by atoms with Gasteiger partial charge in [-0.1, -0.05) is 0 Å². The quantitative estimate of drug-likeness (QED) is 0.769. The molecule has 18 heavy (non-hydrogen) atoms. The molecule has 0 spiro atoms. The number of pyridine rings is 1. The highest BCUT2D eigenvalue weighted by Gasteiger charge is 2.11. The van der Waals surface area contributed by atoms with Gasteiger partial charge in [-0.25, -0.2) is 13.1 Å². The van der Waals surface area contributed by atoms with E-state index in [1.807, 2.05) is 0 Å². The number of carbonyl (C=O) groups excluding carboxylic acids is 1. The molecule has 6 nitrogen and oxygen atoms in total. The van der Waals surface area contributed by atoms with Crippen LogP contribution in [0.1, 0.15) is 17.3 Å². The summed E-state index contributed by atoms with van der Waals surface area (Å²) in [6, 6.07) is 1.61. The van der Waals surface area contributed by atoms with Crippen LogP contribution in [0.4, 0.5) is 0 Å². The molecule has 0 amide bonds. The zero-order valence-corrected chi connectivity index (χ0v) is 10.7. The minimum atomic E-state index is -3.29. The standard InChI is InChI=1S/C11H11N3O3S/c1-8(15)9-3-10(5-12-4-9)14-7-11(6-13-14)18(2,16)17/h3-7H,1-2H3. The topological polar surface area (TPSA) is 81.9 Å². The van der Waals surface area contributed by atoms with E-state index in [-0.39, 0.29) is 10.7 Å². The third-order valence-corrected chi connectivity index (χ3v) is 3.45. The van der Waals surface area contributed by atoms with Crippen LogP contribution in [-0.4, -0.2) is 35.2 Å². The molecule has 94 valence electrons. The predicted molar refractivity (Wildman–Crippen MR) is 64.5 cm³/mol. The number of sulfone groups is 1. The molecule has 0 aliphatic heterocycles. The molecule has 0 unspecified atom stereocenters. The predicted octanol–water partition coefficient (Wildman–Crippen LogP) is 0.873. The van der Waals surface area contributed by atoms with Crippen molar-refractivity contribution in [3.8, 4) is 5.69 Å². The number of aromatic nitrogens is 3. The first-order valence-electron chi connectivity index (χ1n) is 5.09. The molecule has 2 heterocycles. The highest BCUT2D eigenvalue weighted by Crippen LogP contribution is 2.12. The average molecular weight is 265 g/mol. The molecular formula is C11H11N3O3S. The van der Waals surface area contributed by atoms with E-state index in [4.69, 9.17) is 0 Å². The molecule has 2 rings (SSSR count). The van der Waals surface area contributed by atoms with Crippen LogP contribution in [0.3, 0.4) is 0 Å². The van der Waals surface area contributed by atoms with Crippen molar-refractivity contribution in [2.45, 2.75) is 11.8 Å². The summed E-state index contributed by atoms with van der Waals surface area (Å²) in [5, 5.41) is 3.94. The van der Waals surface area contributed by atoms with Gasteiger partial charge in [-0.3, -0.25) is 9.78 Å². The molecular weight excluding hydrogens is 254 g/mol. The van der Waals surface area contributed by atoms with Gasteiger partial charge < -0.3 is 0 Å². The maximum absolute atomic E-state index is 11.3. The molecule has 0 aliphatic carbocycles. The minimum Gasteiger partial charge on any atom is -0.294 e. The molecule has 2 aromatic rings. The summed E-state index contributed by atoms with van der Waals surface area (Å²) in [6.07, 6.45) is 6.71. The lowest BCUT2D eigenvalue weighted by Crippen LogP contribution is -2.00. The Bertz CT molecular complexity index is 704. The first kappa shape index (κ1) is 12.4. The second-order valence-electron chi connectivity index (χ2n) is 3.88. The third-order valence-electron chi connectivity index (χ3n) is 2.38. The van der Waals surface area contributed by atoms with E-state index in [0.29, 0.717) is 11.3 Å². The summed E-state index contributed by atoms with van der Waals surface area (Å²) in [7, 11) is -3.29. The van der Waals surface area contributed by atoms with Gasteiger partial charge >= 0.3 is 0 Å². The van der Waals surface area contributed by atoms with Gasteiger partial charge in [-0.15, -0.1) is 0 Å². The SMILES string of the molecule is CC(=O)c1cncc(-n2cc(S(C)(=O)=O)cn2)c1. The van der Waals surface area contributed by atoms with Crippen LogP contribution in [0.25, 0.3) is 5.69 Å². The molecule has 0 atom stereocenters. The Balaban J connectivity index is 2.46. The summed E-state index contributed by atoms with van der Waals surface area (Å²) in [5.74, 6) is -0.111. The van der Waals surface area contributed by atoms with Gasteiger partial charge in [-0.05, 0) is 13.0 Å². The average Bonchev–Trinajstić information content (AvgIpc) is 2.78. The molecule has 0 N–H and O–H groups in total.